The Labute approximate surface area is 78.1 Å². The SMILES string of the molecule is CC(C)(/C=N/O)Nc1ccccc1. The lowest BCUT2D eigenvalue weighted by Crippen LogP contribution is -2.32. The number of hydrogen-bond acceptors (Lipinski definition) is 3. The predicted octanol–water partition coefficient (Wildman–Crippen LogP) is 2.34. The van der Waals surface area contributed by atoms with E-state index in [0.717, 1.165) is 5.69 Å². The van der Waals surface area contributed by atoms with Crippen molar-refractivity contribution in [1.29, 1.82) is 0 Å². The minimum Gasteiger partial charge on any atom is -0.411 e. The summed E-state index contributed by atoms with van der Waals surface area (Å²) in [5.41, 5.74) is 0.670. The molecule has 0 saturated heterocycles. The molecule has 1 aromatic carbocycles. The molecular weight excluding hydrogens is 164 g/mol. The normalized spacial score (nSPS) is 11.8. The summed E-state index contributed by atoms with van der Waals surface area (Å²) in [6, 6.07) is 9.79. The number of rotatable bonds is 3. The van der Waals surface area contributed by atoms with Gasteiger partial charge in [0.1, 0.15) is 0 Å². The minimum absolute atomic E-state index is 0.337. The van der Waals surface area contributed by atoms with Crippen LogP contribution >= 0.6 is 0 Å². The first kappa shape index (κ1) is 9.58. The summed E-state index contributed by atoms with van der Waals surface area (Å²) < 4.78 is 0. The zero-order chi connectivity index (χ0) is 9.73. The summed E-state index contributed by atoms with van der Waals surface area (Å²) in [6.07, 6.45) is 1.46. The van der Waals surface area contributed by atoms with Crippen LogP contribution in [0.25, 0.3) is 0 Å². The molecule has 1 rings (SSSR count). The molecule has 0 atom stereocenters. The lowest BCUT2D eigenvalue weighted by atomic mass is 10.1. The second-order valence-electron chi connectivity index (χ2n) is 3.46. The number of nitrogens with one attached hydrogen (secondary N) is 1. The Kier molecular flexibility index (Phi) is 2.90. The first-order valence-corrected chi connectivity index (χ1v) is 4.16. The smallest absolute Gasteiger partial charge is 0.0703 e. The van der Waals surface area contributed by atoms with Gasteiger partial charge in [-0.1, -0.05) is 23.4 Å². The van der Waals surface area contributed by atoms with E-state index in [4.69, 9.17) is 5.21 Å². The molecule has 1 aromatic rings. The average Bonchev–Trinajstić information content (AvgIpc) is 2.04. The second-order valence-corrected chi connectivity index (χ2v) is 3.46. The number of anilines is 1. The minimum atomic E-state index is -0.337. The largest absolute Gasteiger partial charge is 0.411 e. The van der Waals surface area contributed by atoms with E-state index < -0.39 is 0 Å². The van der Waals surface area contributed by atoms with Crippen LogP contribution in [0.4, 0.5) is 5.69 Å². The van der Waals surface area contributed by atoms with Crippen LogP contribution in [0.2, 0.25) is 0 Å². The van der Waals surface area contributed by atoms with E-state index in [1.807, 2.05) is 44.2 Å². The number of oxime groups is 1. The molecule has 0 unspecified atom stereocenters. The molecule has 0 amide bonds. The molecule has 0 aromatic heterocycles. The van der Waals surface area contributed by atoms with Crippen LogP contribution in [0.15, 0.2) is 35.5 Å². The molecule has 0 spiro atoms. The fourth-order valence-corrected chi connectivity index (χ4v) is 1.07. The van der Waals surface area contributed by atoms with Crippen LogP contribution in [-0.2, 0) is 0 Å². The van der Waals surface area contributed by atoms with Gasteiger partial charge in [0.2, 0.25) is 0 Å². The van der Waals surface area contributed by atoms with Crippen molar-refractivity contribution in [3.05, 3.63) is 30.3 Å². The molecule has 2 N–H and O–H groups in total. The van der Waals surface area contributed by atoms with E-state index in [1.165, 1.54) is 6.21 Å². The number of benzene rings is 1. The maximum atomic E-state index is 8.41. The molecule has 0 aliphatic heterocycles. The first-order valence-electron chi connectivity index (χ1n) is 4.16. The van der Waals surface area contributed by atoms with Gasteiger partial charge in [0.15, 0.2) is 0 Å². The molecule has 0 aliphatic rings. The standard InChI is InChI=1S/C10H14N2O/c1-10(2,8-11-13)12-9-6-4-3-5-7-9/h3-8,12-13H,1-2H3/b11-8+. The zero-order valence-electron chi connectivity index (χ0n) is 7.86. The molecule has 3 nitrogen and oxygen atoms in total. The van der Waals surface area contributed by atoms with Crippen LogP contribution in [-0.4, -0.2) is 17.0 Å². The topological polar surface area (TPSA) is 44.6 Å². The van der Waals surface area contributed by atoms with E-state index >= 15 is 0 Å². The molecule has 0 saturated carbocycles. The molecule has 0 heterocycles. The Morgan fingerprint density at radius 3 is 2.46 bits per heavy atom. The highest BCUT2D eigenvalue weighted by molar-refractivity contribution is 5.73. The molecule has 0 fully saturated rings. The summed E-state index contributed by atoms with van der Waals surface area (Å²) in [4.78, 5) is 0. The number of hydrogen-bond donors (Lipinski definition) is 2. The highest BCUT2D eigenvalue weighted by Gasteiger charge is 2.13. The Morgan fingerprint density at radius 1 is 1.31 bits per heavy atom. The van der Waals surface area contributed by atoms with Gasteiger partial charge in [0.25, 0.3) is 0 Å². The molecular formula is C10H14N2O. The summed E-state index contributed by atoms with van der Waals surface area (Å²) in [6.45, 7) is 3.86. The Hall–Kier alpha value is -1.51. The Bertz CT molecular complexity index is 280. The monoisotopic (exact) mass is 178 g/mol. The van der Waals surface area contributed by atoms with Crippen molar-refractivity contribution in [1.82, 2.24) is 0 Å². The quantitative estimate of drug-likeness (QED) is 0.424. The molecule has 0 aliphatic carbocycles. The maximum absolute atomic E-state index is 8.41. The van der Waals surface area contributed by atoms with E-state index in [-0.39, 0.29) is 5.54 Å². The van der Waals surface area contributed by atoms with Gasteiger partial charge < -0.3 is 10.5 Å². The van der Waals surface area contributed by atoms with Crippen LogP contribution in [0, 0.1) is 0 Å². The predicted molar refractivity (Wildman–Crippen MR) is 54.4 cm³/mol. The van der Waals surface area contributed by atoms with E-state index in [9.17, 15) is 0 Å². The van der Waals surface area contributed by atoms with Crippen molar-refractivity contribution in [2.45, 2.75) is 19.4 Å². The third-order valence-corrected chi connectivity index (χ3v) is 1.62. The molecule has 0 bridgehead atoms. The van der Waals surface area contributed by atoms with Gasteiger partial charge in [-0.2, -0.15) is 0 Å². The first-order chi connectivity index (χ1) is 6.14. The lowest BCUT2D eigenvalue weighted by molar-refractivity contribution is 0.318. The Morgan fingerprint density at radius 2 is 1.92 bits per heavy atom. The van der Waals surface area contributed by atoms with Gasteiger partial charge in [-0.3, -0.25) is 0 Å². The fraction of sp³-hybridized carbons (Fsp3) is 0.300. The van der Waals surface area contributed by atoms with Crippen molar-refractivity contribution < 1.29 is 5.21 Å². The summed E-state index contributed by atoms with van der Waals surface area (Å²) in [5, 5.41) is 14.6. The van der Waals surface area contributed by atoms with Gasteiger partial charge in [-0.05, 0) is 26.0 Å². The second kappa shape index (κ2) is 3.94. The molecule has 3 heteroatoms. The number of para-hydroxylation sites is 1. The summed E-state index contributed by atoms with van der Waals surface area (Å²) >= 11 is 0. The fourth-order valence-electron chi connectivity index (χ4n) is 1.07. The van der Waals surface area contributed by atoms with E-state index in [2.05, 4.69) is 10.5 Å². The van der Waals surface area contributed by atoms with Gasteiger partial charge in [-0.15, -0.1) is 0 Å². The molecule has 70 valence electrons. The van der Waals surface area contributed by atoms with E-state index in [1.54, 1.807) is 0 Å². The number of nitrogens with zero attached hydrogens (tertiary/aromatic N) is 1. The summed E-state index contributed by atoms with van der Waals surface area (Å²) in [7, 11) is 0. The van der Waals surface area contributed by atoms with Crippen LogP contribution in [0.5, 0.6) is 0 Å². The highest BCUT2D eigenvalue weighted by Crippen LogP contribution is 2.12. The van der Waals surface area contributed by atoms with Crippen LogP contribution < -0.4 is 5.32 Å². The Balaban J connectivity index is 2.69. The van der Waals surface area contributed by atoms with Crippen molar-refractivity contribution in [2.24, 2.45) is 5.16 Å². The van der Waals surface area contributed by atoms with Gasteiger partial charge >= 0.3 is 0 Å². The van der Waals surface area contributed by atoms with Crippen molar-refractivity contribution >= 4 is 11.9 Å². The zero-order valence-corrected chi connectivity index (χ0v) is 7.86. The van der Waals surface area contributed by atoms with Crippen LogP contribution in [0.1, 0.15) is 13.8 Å². The van der Waals surface area contributed by atoms with Crippen molar-refractivity contribution in [2.75, 3.05) is 5.32 Å². The van der Waals surface area contributed by atoms with Crippen molar-refractivity contribution in [3.8, 4) is 0 Å². The molecule has 13 heavy (non-hydrogen) atoms. The summed E-state index contributed by atoms with van der Waals surface area (Å²) in [5.74, 6) is 0. The molecule has 0 radical (unpaired) electrons. The van der Waals surface area contributed by atoms with Crippen molar-refractivity contribution in [3.63, 3.8) is 0 Å². The van der Waals surface area contributed by atoms with Gasteiger partial charge in [0.05, 0.1) is 11.8 Å². The van der Waals surface area contributed by atoms with Crippen LogP contribution in [0.3, 0.4) is 0 Å². The highest BCUT2D eigenvalue weighted by atomic mass is 16.4. The maximum Gasteiger partial charge on any atom is 0.0703 e. The average molecular weight is 178 g/mol. The third-order valence-electron chi connectivity index (χ3n) is 1.62. The third kappa shape index (κ3) is 3.15. The van der Waals surface area contributed by atoms with Gasteiger partial charge in [0, 0.05) is 5.69 Å². The lowest BCUT2D eigenvalue weighted by Gasteiger charge is -2.21. The van der Waals surface area contributed by atoms with Gasteiger partial charge in [-0.25, -0.2) is 0 Å². The van der Waals surface area contributed by atoms with E-state index in [0.29, 0.717) is 0 Å².